The molecule has 2 amide bonds. The SMILES string of the molecule is CCNC(=O)Nc1ccc2ncc(Nc3cc(C)c(Cl)cc3OC)nc2n1. The van der Waals surface area contributed by atoms with Gasteiger partial charge in [0.15, 0.2) is 11.5 Å². The fourth-order valence-electron chi connectivity index (χ4n) is 2.42. The van der Waals surface area contributed by atoms with Gasteiger partial charge in [-0.25, -0.2) is 19.7 Å². The molecule has 0 unspecified atom stereocenters. The first-order valence-corrected chi connectivity index (χ1v) is 8.67. The van der Waals surface area contributed by atoms with Crippen LogP contribution < -0.4 is 20.7 Å². The van der Waals surface area contributed by atoms with Crippen LogP contribution in [0.25, 0.3) is 11.2 Å². The van der Waals surface area contributed by atoms with E-state index in [2.05, 4.69) is 30.9 Å². The summed E-state index contributed by atoms with van der Waals surface area (Å²) >= 11 is 6.14. The number of aromatic nitrogens is 3. The van der Waals surface area contributed by atoms with Crippen LogP contribution in [0.15, 0.2) is 30.5 Å². The molecule has 0 aliphatic rings. The Morgan fingerprint density at radius 2 is 2.00 bits per heavy atom. The number of carbonyl (C=O) groups is 1. The van der Waals surface area contributed by atoms with Crippen LogP contribution in [0.1, 0.15) is 12.5 Å². The summed E-state index contributed by atoms with van der Waals surface area (Å²) < 4.78 is 5.36. The van der Waals surface area contributed by atoms with E-state index in [4.69, 9.17) is 16.3 Å². The number of nitrogens with one attached hydrogen (secondary N) is 3. The van der Waals surface area contributed by atoms with Crippen molar-refractivity contribution in [3.63, 3.8) is 0 Å². The number of hydrogen-bond acceptors (Lipinski definition) is 6. The van der Waals surface area contributed by atoms with Crippen LogP contribution in [-0.2, 0) is 0 Å². The Labute approximate surface area is 161 Å². The predicted octanol–water partition coefficient (Wildman–Crippen LogP) is 3.88. The van der Waals surface area contributed by atoms with Crippen molar-refractivity contribution in [3.05, 3.63) is 41.0 Å². The number of halogens is 1. The van der Waals surface area contributed by atoms with E-state index in [0.29, 0.717) is 45.8 Å². The third kappa shape index (κ3) is 4.35. The summed E-state index contributed by atoms with van der Waals surface area (Å²) in [5, 5.41) is 9.08. The highest BCUT2D eigenvalue weighted by atomic mass is 35.5. The number of anilines is 3. The van der Waals surface area contributed by atoms with Crippen molar-refractivity contribution in [2.75, 3.05) is 24.3 Å². The number of amides is 2. The van der Waals surface area contributed by atoms with Gasteiger partial charge in [0.1, 0.15) is 17.1 Å². The first-order valence-electron chi connectivity index (χ1n) is 8.30. The van der Waals surface area contributed by atoms with Crippen LogP contribution in [0.3, 0.4) is 0 Å². The van der Waals surface area contributed by atoms with Gasteiger partial charge in [0.25, 0.3) is 0 Å². The maximum absolute atomic E-state index is 11.7. The second-order valence-electron chi connectivity index (χ2n) is 5.71. The normalized spacial score (nSPS) is 10.5. The minimum atomic E-state index is -0.326. The van der Waals surface area contributed by atoms with Crippen molar-refractivity contribution in [1.29, 1.82) is 0 Å². The standard InChI is InChI=1S/C18H19ClN6O2/c1-4-20-18(26)25-15-6-5-12-17(23-15)24-16(9-21-12)22-13-7-10(2)11(19)8-14(13)27-3/h5-9H,4H2,1-3H3,(H3,20,22,23,24,25,26). The van der Waals surface area contributed by atoms with Crippen molar-refractivity contribution in [3.8, 4) is 5.75 Å². The number of benzene rings is 1. The highest BCUT2D eigenvalue weighted by molar-refractivity contribution is 6.31. The first kappa shape index (κ1) is 18.7. The zero-order valence-corrected chi connectivity index (χ0v) is 15.9. The number of hydrogen-bond donors (Lipinski definition) is 3. The molecule has 0 bridgehead atoms. The van der Waals surface area contributed by atoms with Gasteiger partial charge in [-0.05, 0) is 37.6 Å². The number of nitrogens with zero attached hydrogens (tertiary/aromatic N) is 3. The fourth-order valence-corrected chi connectivity index (χ4v) is 2.57. The number of urea groups is 1. The second kappa shape index (κ2) is 8.05. The molecule has 0 radical (unpaired) electrons. The fraction of sp³-hybridized carbons (Fsp3) is 0.222. The third-order valence-electron chi connectivity index (χ3n) is 3.73. The van der Waals surface area contributed by atoms with Crippen LogP contribution in [0.5, 0.6) is 5.75 Å². The van der Waals surface area contributed by atoms with Crippen LogP contribution in [0.2, 0.25) is 5.02 Å². The molecule has 1 aromatic carbocycles. The molecule has 3 N–H and O–H groups in total. The summed E-state index contributed by atoms with van der Waals surface area (Å²) in [5.74, 6) is 1.47. The molecule has 0 fully saturated rings. The molecule has 2 heterocycles. The van der Waals surface area contributed by atoms with Crippen molar-refractivity contribution in [1.82, 2.24) is 20.3 Å². The van der Waals surface area contributed by atoms with Gasteiger partial charge in [0.05, 0.1) is 19.0 Å². The van der Waals surface area contributed by atoms with E-state index >= 15 is 0 Å². The van der Waals surface area contributed by atoms with E-state index in [1.54, 1.807) is 31.5 Å². The van der Waals surface area contributed by atoms with Gasteiger partial charge in [0.2, 0.25) is 0 Å². The van der Waals surface area contributed by atoms with Crippen molar-refractivity contribution in [2.24, 2.45) is 0 Å². The Hall–Kier alpha value is -3.13. The molecule has 0 atom stereocenters. The molecular formula is C18H19ClN6O2. The van der Waals surface area contributed by atoms with Crippen LogP contribution in [-0.4, -0.2) is 34.6 Å². The van der Waals surface area contributed by atoms with E-state index < -0.39 is 0 Å². The van der Waals surface area contributed by atoms with E-state index in [-0.39, 0.29) is 6.03 Å². The van der Waals surface area contributed by atoms with Gasteiger partial charge >= 0.3 is 6.03 Å². The minimum absolute atomic E-state index is 0.326. The molecule has 0 saturated carbocycles. The van der Waals surface area contributed by atoms with Crippen molar-refractivity contribution < 1.29 is 9.53 Å². The molecule has 8 nitrogen and oxygen atoms in total. The Bertz CT molecular complexity index is 995. The largest absolute Gasteiger partial charge is 0.495 e. The summed E-state index contributed by atoms with van der Waals surface area (Å²) in [5.41, 5.74) is 2.63. The molecule has 3 aromatic rings. The molecule has 27 heavy (non-hydrogen) atoms. The zero-order valence-electron chi connectivity index (χ0n) is 15.1. The van der Waals surface area contributed by atoms with E-state index in [1.807, 2.05) is 19.9 Å². The lowest BCUT2D eigenvalue weighted by Gasteiger charge is -2.13. The molecule has 3 rings (SSSR count). The quantitative estimate of drug-likeness (QED) is 0.615. The minimum Gasteiger partial charge on any atom is -0.495 e. The summed E-state index contributed by atoms with van der Waals surface area (Å²) in [6.45, 7) is 4.26. The average Bonchev–Trinajstić information content (AvgIpc) is 2.64. The number of aryl methyl sites for hydroxylation is 1. The number of fused-ring (bicyclic) bond motifs is 1. The van der Waals surface area contributed by atoms with Crippen LogP contribution in [0, 0.1) is 6.92 Å². The average molecular weight is 387 g/mol. The smallest absolute Gasteiger partial charge is 0.320 e. The van der Waals surface area contributed by atoms with E-state index in [9.17, 15) is 4.79 Å². The van der Waals surface area contributed by atoms with Crippen molar-refractivity contribution in [2.45, 2.75) is 13.8 Å². The molecule has 0 spiro atoms. The molecule has 2 aromatic heterocycles. The lowest BCUT2D eigenvalue weighted by Crippen LogP contribution is -2.28. The van der Waals surface area contributed by atoms with Gasteiger partial charge in [-0.1, -0.05) is 11.6 Å². The van der Waals surface area contributed by atoms with Gasteiger partial charge in [-0.2, -0.15) is 0 Å². The Morgan fingerprint density at radius 3 is 2.74 bits per heavy atom. The number of pyridine rings is 1. The van der Waals surface area contributed by atoms with E-state index in [1.165, 1.54) is 0 Å². The lowest BCUT2D eigenvalue weighted by atomic mass is 10.2. The molecule has 140 valence electrons. The highest BCUT2D eigenvalue weighted by Gasteiger charge is 2.10. The summed E-state index contributed by atoms with van der Waals surface area (Å²) in [4.78, 5) is 24.8. The lowest BCUT2D eigenvalue weighted by molar-refractivity contribution is 0.252. The molecule has 9 heteroatoms. The highest BCUT2D eigenvalue weighted by Crippen LogP contribution is 2.32. The molecule has 0 saturated heterocycles. The van der Waals surface area contributed by atoms with Crippen molar-refractivity contribution >= 4 is 46.1 Å². The van der Waals surface area contributed by atoms with Crippen LogP contribution in [0.4, 0.5) is 22.1 Å². The molecule has 0 aliphatic heterocycles. The van der Waals surface area contributed by atoms with Gasteiger partial charge in [-0.15, -0.1) is 0 Å². The van der Waals surface area contributed by atoms with E-state index in [0.717, 1.165) is 5.56 Å². The topological polar surface area (TPSA) is 101 Å². The third-order valence-corrected chi connectivity index (χ3v) is 4.14. The monoisotopic (exact) mass is 386 g/mol. The maximum Gasteiger partial charge on any atom is 0.320 e. The summed E-state index contributed by atoms with van der Waals surface area (Å²) in [6.07, 6.45) is 1.60. The number of ether oxygens (including phenoxy) is 1. The number of methoxy groups -OCH3 is 1. The molecular weight excluding hydrogens is 368 g/mol. The maximum atomic E-state index is 11.7. The Morgan fingerprint density at radius 1 is 1.22 bits per heavy atom. The van der Waals surface area contributed by atoms with Gasteiger partial charge in [0, 0.05) is 17.6 Å². The first-order chi connectivity index (χ1) is 13.0. The Kier molecular flexibility index (Phi) is 5.56. The van der Waals surface area contributed by atoms with Gasteiger partial charge in [-0.3, -0.25) is 5.32 Å². The van der Waals surface area contributed by atoms with Gasteiger partial charge < -0.3 is 15.4 Å². The number of rotatable bonds is 5. The van der Waals surface area contributed by atoms with Crippen LogP contribution >= 0.6 is 11.6 Å². The second-order valence-corrected chi connectivity index (χ2v) is 6.11. The molecule has 0 aliphatic carbocycles. The summed E-state index contributed by atoms with van der Waals surface area (Å²) in [6, 6.07) is 6.69. The zero-order chi connectivity index (χ0) is 19.4. The Balaban J connectivity index is 1.89. The predicted molar refractivity (Wildman–Crippen MR) is 106 cm³/mol. The summed E-state index contributed by atoms with van der Waals surface area (Å²) in [7, 11) is 1.57. The number of carbonyl (C=O) groups excluding carboxylic acids is 1.